The molecular formula is C22H36N4. The van der Waals surface area contributed by atoms with Gasteiger partial charge in [-0.15, -0.1) is 0 Å². The summed E-state index contributed by atoms with van der Waals surface area (Å²) >= 11 is 0. The van der Waals surface area contributed by atoms with Gasteiger partial charge in [-0.3, -0.25) is 4.99 Å². The zero-order chi connectivity index (χ0) is 18.4. The lowest BCUT2D eigenvalue weighted by molar-refractivity contribution is 0.220. The third-order valence-corrected chi connectivity index (χ3v) is 6.10. The van der Waals surface area contributed by atoms with Crippen molar-refractivity contribution in [1.82, 2.24) is 15.1 Å². The molecule has 2 fully saturated rings. The number of benzene rings is 1. The maximum absolute atomic E-state index is 5.03. The van der Waals surface area contributed by atoms with Crippen molar-refractivity contribution in [3.05, 3.63) is 35.9 Å². The summed E-state index contributed by atoms with van der Waals surface area (Å²) in [5, 5.41) is 3.54. The molecule has 1 aromatic rings. The number of guanidine groups is 1. The van der Waals surface area contributed by atoms with Crippen LogP contribution >= 0.6 is 0 Å². The van der Waals surface area contributed by atoms with Crippen molar-refractivity contribution < 1.29 is 0 Å². The van der Waals surface area contributed by atoms with Crippen molar-refractivity contribution >= 4 is 5.96 Å². The maximum Gasteiger partial charge on any atom is 0.193 e. The molecule has 4 heteroatoms. The van der Waals surface area contributed by atoms with E-state index in [1.54, 1.807) is 0 Å². The second kappa shape index (κ2) is 9.40. The first-order valence-electron chi connectivity index (χ1n) is 10.4. The first kappa shape index (κ1) is 19.2. The molecule has 144 valence electrons. The minimum Gasteiger partial charge on any atom is -0.357 e. The van der Waals surface area contributed by atoms with E-state index in [4.69, 9.17) is 4.99 Å². The number of nitrogens with zero attached hydrogens (tertiary/aromatic N) is 3. The van der Waals surface area contributed by atoms with Crippen LogP contribution in [0.15, 0.2) is 35.3 Å². The largest absolute Gasteiger partial charge is 0.357 e. The zero-order valence-electron chi connectivity index (χ0n) is 16.8. The molecule has 3 rings (SSSR count). The third kappa shape index (κ3) is 5.00. The molecule has 0 saturated carbocycles. The average Bonchev–Trinajstić information content (AvgIpc) is 2.67. The van der Waals surface area contributed by atoms with Crippen LogP contribution in [0.1, 0.15) is 44.6 Å². The summed E-state index contributed by atoms with van der Waals surface area (Å²) in [6, 6.07) is 11.0. The van der Waals surface area contributed by atoms with E-state index < -0.39 is 0 Å². The van der Waals surface area contributed by atoms with Gasteiger partial charge in [-0.25, -0.2) is 0 Å². The fraction of sp³-hybridized carbons (Fsp3) is 0.682. The summed E-state index contributed by atoms with van der Waals surface area (Å²) in [6.45, 7) is 11.1. The van der Waals surface area contributed by atoms with Gasteiger partial charge < -0.3 is 15.1 Å². The number of nitrogens with one attached hydrogen (secondary N) is 1. The molecule has 26 heavy (non-hydrogen) atoms. The Hall–Kier alpha value is -1.55. The van der Waals surface area contributed by atoms with Crippen LogP contribution in [0.2, 0.25) is 0 Å². The molecule has 0 amide bonds. The van der Waals surface area contributed by atoms with E-state index >= 15 is 0 Å². The summed E-state index contributed by atoms with van der Waals surface area (Å²) < 4.78 is 0. The second-order valence-electron chi connectivity index (χ2n) is 8.17. The van der Waals surface area contributed by atoms with Crippen LogP contribution in [-0.2, 0) is 0 Å². The van der Waals surface area contributed by atoms with Gasteiger partial charge in [-0.1, -0.05) is 37.3 Å². The van der Waals surface area contributed by atoms with E-state index in [2.05, 4.69) is 66.3 Å². The van der Waals surface area contributed by atoms with Crippen LogP contribution in [0, 0.1) is 11.8 Å². The van der Waals surface area contributed by atoms with Gasteiger partial charge in [0, 0.05) is 26.2 Å². The molecule has 2 saturated heterocycles. The summed E-state index contributed by atoms with van der Waals surface area (Å²) in [4.78, 5) is 9.95. The van der Waals surface area contributed by atoms with E-state index in [1.807, 2.05) is 0 Å². The Balaban J connectivity index is 1.59. The number of piperidine rings is 2. The summed E-state index contributed by atoms with van der Waals surface area (Å²) in [5.41, 5.74) is 1.49. The topological polar surface area (TPSA) is 30.9 Å². The molecule has 2 aliphatic rings. The molecular weight excluding hydrogens is 320 g/mol. The minimum absolute atomic E-state index is 0.651. The molecule has 0 bridgehead atoms. The molecule has 2 atom stereocenters. The predicted octanol–water partition coefficient (Wildman–Crippen LogP) is 3.42. The normalized spacial score (nSPS) is 26.1. The predicted molar refractivity (Wildman–Crippen MR) is 111 cm³/mol. The van der Waals surface area contributed by atoms with Crippen molar-refractivity contribution in [1.29, 1.82) is 0 Å². The highest BCUT2D eigenvalue weighted by molar-refractivity contribution is 5.80. The Bertz CT molecular complexity index is 563. The molecule has 0 radical (unpaired) electrons. The van der Waals surface area contributed by atoms with Crippen molar-refractivity contribution in [3.8, 4) is 0 Å². The van der Waals surface area contributed by atoms with Gasteiger partial charge in [0.1, 0.15) is 0 Å². The highest BCUT2D eigenvalue weighted by Crippen LogP contribution is 2.32. The Morgan fingerprint density at radius 3 is 2.50 bits per heavy atom. The fourth-order valence-electron chi connectivity index (χ4n) is 4.42. The maximum atomic E-state index is 5.03. The third-order valence-electron chi connectivity index (χ3n) is 6.10. The quantitative estimate of drug-likeness (QED) is 0.662. The minimum atomic E-state index is 0.651. The SMILES string of the molecule is CCNC(=NCC1CCN(C)CC1)N1CCC(c2ccccc2)C(C)C1. The monoisotopic (exact) mass is 356 g/mol. The Kier molecular flexibility index (Phi) is 6.95. The van der Waals surface area contributed by atoms with Gasteiger partial charge in [0.15, 0.2) is 5.96 Å². The van der Waals surface area contributed by atoms with Gasteiger partial charge in [0.05, 0.1) is 0 Å². The molecule has 1 aromatic carbocycles. The lowest BCUT2D eigenvalue weighted by Gasteiger charge is -2.39. The average molecular weight is 357 g/mol. The number of aliphatic imine (C=N–C) groups is 1. The van der Waals surface area contributed by atoms with Crippen LogP contribution < -0.4 is 5.32 Å². The van der Waals surface area contributed by atoms with Gasteiger partial charge in [0.25, 0.3) is 0 Å². The van der Waals surface area contributed by atoms with Gasteiger partial charge in [-0.2, -0.15) is 0 Å². The van der Waals surface area contributed by atoms with Crippen LogP contribution in [0.3, 0.4) is 0 Å². The van der Waals surface area contributed by atoms with E-state index in [9.17, 15) is 0 Å². The molecule has 2 unspecified atom stereocenters. The molecule has 2 heterocycles. The van der Waals surface area contributed by atoms with Crippen LogP contribution in [0.4, 0.5) is 0 Å². The molecule has 0 aromatic heterocycles. The van der Waals surface area contributed by atoms with Crippen LogP contribution in [0.5, 0.6) is 0 Å². The van der Waals surface area contributed by atoms with E-state index in [-0.39, 0.29) is 0 Å². The first-order valence-corrected chi connectivity index (χ1v) is 10.4. The van der Waals surface area contributed by atoms with Crippen molar-refractivity contribution in [2.24, 2.45) is 16.8 Å². The Morgan fingerprint density at radius 2 is 1.85 bits per heavy atom. The molecule has 0 spiro atoms. The van der Waals surface area contributed by atoms with Gasteiger partial charge >= 0.3 is 0 Å². The molecule has 0 aliphatic carbocycles. The lowest BCUT2D eigenvalue weighted by Crippen LogP contribution is -2.48. The second-order valence-corrected chi connectivity index (χ2v) is 8.17. The van der Waals surface area contributed by atoms with Gasteiger partial charge in [0.2, 0.25) is 0 Å². The first-order chi connectivity index (χ1) is 12.7. The van der Waals surface area contributed by atoms with Crippen LogP contribution in [0.25, 0.3) is 0 Å². The molecule has 1 N–H and O–H groups in total. The summed E-state index contributed by atoms with van der Waals surface area (Å²) in [7, 11) is 2.22. The van der Waals surface area contributed by atoms with E-state index in [0.717, 1.165) is 38.1 Å². The van der Waals surface area contributed by atoms with Crippen molar-refractivity contribution in [3.63, 3.8) is 0 Å². The number of hydrogen-bond acceptors (Lipinski definition) is 2. The number of hydrogen-bond donors (Lipinski definition) is 1. The smallest absolute Gasteiger partial charge is 0.193 e. The summed E-state index contributed by atoms with van der Waals surface area (Å²) in [5.74, 6) is 3.20. The Labute approximate surface area is 159 Å². The van der Waals surface area contributed by atoms with Crippen LogP contribution in [-0.4, -0.2) is 62.1 Å². The lowest BCUT2D eigenvalue weighted by atomic mass is 9.82. The number of likely N-dealkylation sites (tertiary alicyclic amines) is 2. The van der Waals surface area contributed by atoms with Gasteiger partial charge in [-0.05, 0) is 69.6 Å². The number of rotatable bonds is 4. The van der Waals surface area contributed by atoms with E-state index in [1.165, 1.54) is 37.9 Å². The van der Waals surface area contributed by atoms with Crippen molar-refractivity contribution in [2.45, 2.75) is 39.0 Å². The Morgan fingerprint density at radius 1 is 1.12 bits per heavy atom. The fourth-order valence-corrected chi connectivity index (χ4v) is 4.42. The standard InChI is InChI=1S/C22H36N4/c1-4-23-22(24-16-19-10-13-25(3)14-11-19)26-15-12-21(18(2)17-26)20-8-6-5-7-9-20/h5-9,18-19,21H,4,10-17H2,1-3H3,(H,23,24). The van der Waals surface area contributed by atoms with E-state index in [0.29, 0.717) is 11.8 Å². The molecule has 2 aliphatic heterocycles. The highest BCUT2D eigenvalue weighted by Gasteiger charge is 2.28. The summed E-state index contributed by atoms with van der Waals surface area (Å²) in [6.07, 6.45) is 3.78. The molecule has 4 nitrogen and oxygen atoms in total. The van der Waals surface area contributed by atoms with Crippen molar-refractivity contribution in [2.75, 3.05) is 46.3 Å². The zero-order valence-corrected chi connectivity index (χ0v) is 16.8. The highest BCUT2D eigenvalue weighted by atomic mass is 15.3.